The molecule has 2 aromatic carbocycles. The highest BCUT2D eigenvalue weighted by Crippen LogP contribution is 2.35. The predicted octanol–water partition coefficient (Wildman–Crippen LogP) is 6.54. The first kappa shape index (κ1) is 29.2. The van der Waals surface area contributed by atoms with Crippen molar-refractivity contribution in [2.75, 3.05) is 13.2 Å². The molecule has 0 heterocycles. The Morgan fingerprint density at radius 1 is 0.694 bits per heavy atom. The molecule has 0 aliphatic carbocycles. The number of carbonyl (C=O) groups is 2. The number of benzene rings is 2. The number of aromatic hydroxyl groups is 2. The minimum atomic E-state index is -0.492. The zero-order chi connectivity index (χ0) is 27.3. The lowest BCUT2D eigenvalue weighted by Crippen LogP contribution is -2.25. The molecule has 0 aliphatic heterocycles. The topological polar surface area (TPSA) is 93.1 Å². The van der Waals surface area contributed by atoms with Crippen molar-refractivity contribution in [3.63, 3.8) is 0 Å². The van der Waals surface area contributed by atoms with Crippen LogP contribution in [-0.4, -0.2) is 35.4 Å². The Morgan fingerprint density at radius 2 is 1.03 bits per heavy atom. The number of phenolic OH excluding ortho intramolecular Hbond substituents is 2. The summed E-state index contributed by atoms with van der Waals surface area (Å²) in [7, 11) is 0. The lowest BCUT2D eigenvalue weighted by Gasteiger charge is -2.26. The number of carbonyl (C=O) groups excluding carboxylic acids is 2. The second-order valence-electron chi connectivity index (χ2n) is 12.1. The van der Waals surface area contributed by atoms with Crippen LogP contribution in [0, 0.1) is 24.7 Å². The van der Waals surface area contributed by atoms with Gasteiger partial charge >= 0.3 is 11.9 Å². The second-order valence-corrected chi connectivity index (χ2v) is 12.1. The van der Waals surface area contributed by atoms with Gasteiger partial charge in [-0.25, -0.2) is 0 Å². The van der Waals surface area contributed by atoms with E-state index in [0.29, 0.717) is 24.0 Å². The second kappa shape index (κ2) is 11.8. The molecular weight excluding hydrogens is 456 g/mol. The van der Waals surface area contributed by atoms with Gasteiger partial charge in [-0.05, 0) is 71.9 Å². The minimum Gasteiger partial charge on any atom is -0.508 e. The van der Waals surface area contributed by atoms with Crippen molar-refractivity contribution in [2.45, 2.75) is 80.1 Å². The number of esters is 2. The fourth-order valence-electron chi connectivity index (χ4n) is 4.18. The molecule has 2 rings (SSSR count). The van der Waals surface area contributed by atoms with Crippen LogP contribution in [0.3, 0.4) is 0 Å². The van der Waals surface area contributed by atoms with Crippen molar-refractivity contribution in [2.24, 2.45) is 10.8 Å². The first-order valence-electron chi connectivity index (χ1n) is 12.5. The zero-order valence-electron chi connectivity index (χ0n) is 23.0. The third kappa shape index (κ3) is 8.89. The van der Waals surface area contributed by atoms with Gasteiger partial charge in [0.2, 0.25) is 0 Å². The van der Waals surface area contributed by atoms with Crippen molar-refractivity contribution < 1.29 is 29.3 Å². The summed E-state index contributed by atoms with van der Waals surface area (Å²) < 4.78 is 11.1. The predicted molar refractivity (Wildman–Crippen MR) is 141 cm³/mol. The monoisotopic (exact) mass is 498 g/mol. The van der Waals surface area contributed by atoms with E-state index in [1.165, 1.54) is 0 Å². The summed E-state index contributed by atoms with van der Waals surface area (Å²) in [5.41, 5.74) is 2.73. The number of phenols is 2. The van der Waals surface area contributed by atoms with E-state index in [2.05, 4.69) is 41.5 Å². The summed E-state index contributed by atoms with van der Waals surface area (Å²) in [6.45, 7) is 15.9. The largest absolute Gasteiger partial charge is 0.508 e. The van der Waals surface area contributed by atoms with Crippen LogP contribution in [0.4, 0.5) is 0 Å². The van der Waals surface area contributed by atoms with Crippen molar-refractivity contribution in [1.29, 1.82) is 0 Å². The Bertz CT molecular complexity index is 973. The molecular formula is C30H42O6. The van der Waals surface area contributed by atoms with Gasteiger partial charge in [0.25, 0.3) is 0 Å². The van der Waals surface area contributed by atoms with Crippen molar-refractivity contribution in [3.8, 4) is 11.5 Å². The maximum atomic E-state index is 13.0. The lowest BCUT2D eigenvalue weighted by molar-refractivity contribution is -0.155. The summed E-state index contributed by atoms with van der Waals surface area (Å²) in [6.07, 6.45) is 1.15. The van der Waals surface area contributed by atoms with Crippen molar-refractivity contribution >= 4 is 11.9 Å². The molecule has 2 N–H and O–H groups in total. The maximum absolute atomic E-state index is 13.0. The Kier molecular flexibility index (Phi) is 9.58. The van der Waals surface area contributed by atoms with Crippen LogP contribution in [0.15, 0.2) is 36.4 Å². The van der Waals surface area contributed by atoms with Gasteiger partial charge in [0, 0.05) is 0 Å². The van der Waals surface area contributed by atoms with Gasteiger partial charge in [0.1, 0.15) is 24.7 Å². The number of ether oxygens (including phenoxy) is 2. The van der Waals surface area contributed by atoms with E-state index < -0.39 is 11.8 Å². The highest BCUT2D eigenvalue weighted by molar-refractivity contribution is 5.79. The minimum absolute atomic E-state index is 0.0425. The summed E-state index contributed by atoms with van der Waals surface area (Å²) in [6, 6.07) is 10.3. The van der Waals surface area contributed by atoms with Gasteiger partial charge in [-0.15, -0.1) is 0 Å². The normalized spacial score (nSPS) is 13.7. The zero-order valence-corrected chi connectivity index (χ0v) is 23.0. The molecule has 0 amide bonds. The molecule has 0 bridgehead atoms. The molecule has 6 heteroatoms. The van der Waals surface area contributed by atoms with Crippen LogP contribution < -0.4 is 0 Å². The molecule has 6 nitrogen and oxygen atoms in total. The molecule has 198 valence electrons. The highest BCUT2D eigenvalue weighted by Gasteiger charge is 2.30. The Labute approximate surface area is 215 Å². The van der Waals surface area contributed by atoms with E-state index in [9.17, 15) is 19.8 Å². The average molecular weight is 499 g/mol. The molecule has 0 saturated carbocycles. The van der Waals surface area contributed by atoms with E-state index in [1.54, 1.807) is 38.1 Å². The van der Waals surface area contributed by atoms with Crippen LogP contribution in [0.5, 0.6) is 11.5 Å². The molecule has 2 unspecified atom stereocenters. The number of hydrogen-bond donors (Lipinski definition) is 2. The standard InChI is InChI=1S/C30H42O6/c1-19-15-21(9-11-25(19)31)23(17-29(3,4)5)27(33)35-13-14-36-28(34)24(18-30(6,7)8)22-10-12-26(32)20(2)16-22/h9-12,15-16,23-24,31-32H,13-14,17-18H2,1-8H3. The van der Waals surface area contributed by atoms with Crippen LogP contribution in [0.2, 0.25) is 0 Å². The molecule has 36 heavy (non-hydrogen) atoms. The lowest BCUT2D eigenvalue weighted by atomic mass is 9.81. The smallest absolute Gasteiger partial charge is 0.313 e. The Hall–Kier alpha value is -3.02. The number of hydrogen-bond acceptors (Lipinski definition) is 6. The SMILES string of the molecule is Cc1cc(C(CC(C)(C)C)C(=O)OCCOC(=O)C(CC(C)(C)C)c2ccc(O)c(C)c2)ccc1O. The Balaban J connectivity index is 2.06. The molecule has 0 spiro atoms. The van der Waals surface area contributed by atoms with E-state index >= 15 is 0 Å². The molecule has 0 aliphatic rings. The molecule has 0 saturated heterocycles. The fraction of sp³-hybridized carbons (Fsp3) is 0.533. The molecule has 0 fully saturated rings. The first-order chi connectivity index (χ1) is 16.6. The van der Waals surface area contributed by atoms with E-state index in [4.69, 9.17) is 9.47 Å². The fourth-order valence-corrected chi connectivity index (χ4v) is 4.18. The van der Waals surface area contributed by atoms with Gasteiger partial charge in [0.15, 0.2) is 0 Å². The van der Waals surface area contributed by atoms with E-state index in [-0.39, 0.29) is 47.5 Å². The third-order valence-corrected chi connectivity index (χ3v) is 6.02. The average Bonchev–Trinajstić information content (AvgIpc) is 2.76. The van der Waals surface area contributed by atoms with Gasteiger partial charge in [-0.2, -0.15) is 0 Å². The van der Waals surface area contributed by atoms with Gasteiger partial charge in [-0.3, -0.25) is 9.59 Å². The summed E-state index contributed by atoms with van der Waals surface area (Å²) in [4.78, 5) is 26.1. The van der Waals surface area contributed by atoms with Gasteiger partial charge in [-0.1, -0.05) is 65.8 Å². The quantitative estimate of drug-likeness (QED) is 0.301. The molecule has 0 radical (unpaired) electrons. The van der Waals surface area contributed by atoms with Crippen LogP contribution >= 0.6 is 0 Å². The Morgan fingerprint density at radius 3 is 1.31 bits per heavy atom. The number of rotatable bonds is 9. The van der Waals surface area contributed by atoms with Crippen LogP contribution in [0.1, 0.15) is 88.5 Å². The maximum Gasteiger partial charge on any atom is 0.313 e. The van der Waals surface area contributed by atoms with E-state index in [0.717, 1.165) is 11.1 Å². The van der Waals surface area contributed by atoms with Crippen molar-refractivity contribution in [3.05, 3.63) is 58.7 Å². The van der Waals surface area contributed by atoms with Gasteiger partial charge in [0.05, 0.1) is 11.8 Å². The molecule has 2 atom stereocenters. The third-order valence-electron chi connectivity index (χ3n) is 6.02. The first-order valence-corrected chi connectivity index (χ1v) is 12.5. The van der Waals surface area contributed by atoms with Crippen molar-refractivity contribution in [1.82, 2.24) is 0 Å². The van der Waals surface area contributed by atoms with Crippen LogP contribution in [-0.2, 0) is 19.1 Å². The number of aryl methyl sites for hydroxylation is 2. The van der Waals surface area contributed by atoms with Crippen LogP contribution in [0.25, 0.3) is 0 Å². The molecule has 2 aromatic rings. The van der Waals surface area contributed by atoms with Gasteiger partial charge < -0.3 is 19.7 Å². The summed E-state index contributed by atoms with van der Waals surface area (Å²) in [5, 5.41) is 19.7. The highest BCUT2D eigenvalue weighted by atomic mass is 16.6. The molecule has 0 aromatic heterocycles. The van der Waals surface area contributed by atoms with E-state index in [1.807, 2.05) is 12.1 Å². The summed E-state index contributed by atoms with van der Waals surface area (Å²) >= 11 is 0. The summed E-state index contributed by atoms with van der Waals surface area (Å²) in [5.74, 6) is -1.38.